The van der Waals surface area contributed by atoms with Gasteiger partial charge in [-0.2, -0.15) is 0 Å². The van der Waals surface area contributed by atoms with Gasteiger partial charge in [-0.3, -0.25) is 0 Å². The summed E-state index contributed by atoms with van der Waals surface area (Å²) in [5.74, 6) is 0.244. The van der Waals surface area contributed by atoms with Crippen LogP contribution in [0.15, 0.2) is 53.0 Å². The Morgan fingerprint density at radius 2 is 1.89 bits per heavy atom. The molecule has 0 aliphatic carbocycles. The standard InChI is InChI=1S/C16H17BrFN/c1-12(13-5-3-2-4-6-13)10-19-11-14-7-8-15(17)9-16(14)18/h2-9,12,19H,10-11H2,1H3. The van der Waals surface area contributed by atoms with Crippen LogP contribution in [0.5, 0.6) is 0 Å². The second kappa shape index (κ2) is 6.83. The van der Waals surface area contributed by atoms with E-state index in [2.05, 4.69) is 40.3 Å². The SMILES string of the molecule is CC(CNCc1ccc(Br)cc1F)c1ccccc1. The van der Waals surface area contributed by atoms with E-state index >= 15 is 0 Å². The monoisotopic (exact) mass is 321 g/mol. The molecular formula is C16H17BrFN. The summed E-state index contributed by atoms with van der Waals surface area (Å²) < 4.78 is 14.4. The largest absolute Gasteiger partial charge is 0.312 e. The molecule has 0 amide bonds. The van der Waals surface area contributed by atoms with E-state index in [1.165, 1.54) is 11.6 Å². The molecule has 0 fully saturated rings. The van der Waals surface area contributed by atoms with Crippen molar-refractivity contribution in [2.75, 3.05) is 6.54 Å². The smallest absolute Gasteiger partial charge is 0.128 e. The first-order chi connectivity index (χ1) is 9.16. The molecule has 0 saturated heterocycles. The predicted octanol–water partition coefficient (Wildman–Crippen LogP) is 4.48. The molecule has 0 spiro atoms. The third-order valence-electron chi connectivity index (χ3n) is 3.15. The van der Waals surface area contributed by atoms with Crippen LogP contribution < -0.4 is 5.32 Å². The minimum absolute atomic E-state index is 0.172. The molecule has 1 nitrogen and oxygen atoms in total. The Hall–Kier alpha value is -1.19. The predicted molar refractivity (Wildman–Crippen MR) is 80.7 cm³/mol. The number of benzene rings is 2. The maximum atomic E-state index is 13.6. The third kappa shape index (κ3) is 4.15. The van der Waals surface area contributed by atoms with Gasteiger partial charge in [-0.15, -0.1) is 0 Å². The summed E-state index contributed by atoms with van der Waals surface area (Å²) in [4.78, 5) is 0. The summed E-state index contributed by atoms with van der Waals surface area (Å²) in [7, 11) is 0. The maximum absolute atomic E-state index is 13.6. The van der Waals surface area contributed by atoms with E-state index in [0.717, 1.165) is 11.0 Å². The molecule has 0 aliphatic rings. The summed E-state index contributed by atoms with van der Waals surface area (Å²) in [5, 5.41) is 3.30. The van der Waals surface area contributed by atoms with E-state index in [-0.39, 0.29) is 5.82 Å². The highest BCUT2D eigenvalue weighted by Crippen LogP contribution is 2.16. The fourth-order valence-corrected chi connectivity index (χ4v) is 2.32. The van der Waals surface area contributed by atoms with Gasteiger partial charge in [0.25, 0.3) is 0 Å². The molecule has 0 radical (unpaired) electrons. The van der Waals surface area contributed by atoms with Crippen molar-refractivity contribution < 1.29 is 4.39 Å². The van der Waals surface area contributed by atoms with Crippen molar-refractivity contribution in [2.45, 2.75) is 19.4 Å². The minimum Gasteiger partial charge on any atom is -0.312 e. The van der Waals surface area contributed by atoms with Crippen molar-refractivity contribution >= 4 is 15.9 Å². The van der Waals surface area contributed by atoms with Crippen molar-refractivity contribution in [1.82, 2.24) is 5.32 Å². The van der Waals surface area contributed by atoms with Gasteiger partial charge in [-0.1, -0.05) is 59.3 Å². The highest BCUT2D eigenvalue weighted by molar-refractivity contribution is 9.10. The third-order valence-corrected chi connectivity index (χ3v) is 3.64. The number of halogens is 2. The molecule has 3 heteroatoms. The molecule has 2 aromatic rings. The normalized spacial score (nSPS) is 12.4. The Labute approximate surface area is 122 Å². The first-order valence-electron chi connectivity index (χ1n) is 6.36. The van der Waals surface area contributed by atoms with Crippen LogP contribution in [0.2, 0.25) is 0 Å². The molecule has 0 heterocycles. The minimum atomic E-state index is -0.172. The Balaban J connectivity index is 1.86. The Morgan fingerprint density at radius 3 is 2.58 bits per heavy atom. The van der Waals surface area contributed by atoms with Crippen LogP contribution in [0.25, 0.3) is 0 Å². The molecule has 1 N–H and O–H groups in total. The Morgan fingerprint density at radius 1 is 1.16 bits per heavy atom. The average molecular weight is 322 g/mol. The second-order valence-corrected chi connectivity index (χ2v) is 5.59. The molecule has 0 bridgehead atoms. The van der Waals surface area contributed by atoms with Gasteiger partial charge < -0.3 is 5.32 Å². The number of hydrogen-bond acceptors (Lipinski definition) is 1. The highest BCUT2D eigenvalue weighted by Gasteiger charge is 2.06. The lowest BCUT2D eigenvalue weighted by Crippen LogP contribution is -2.20. The highest BCUT2D eigenvalue weighted by atomic mass is 79.9. The summed E-state index contributed by atoms with van der Waals surface area (Å²) in [6, 6.07) is 15.5. The molecule has 1 atom stereocenters. The molecule has 100 valence electrons. The first-order valence-corrected chi connectivity index (χ1v) is 7.15. The van der Waals surface area contributed by atoms with Crippen LogP contribution in [-0.4, -0.2) is 6.54 Å². The van der Waals surface area contributed by atoms with Crippen LogP contribution >= 0.6 is 15.9 Å². The molecule has 0 aromatic heterocycles. The van der Waals surface area contributed by atoms with Crippen molar-refractivity contribution in [1.29, 1.82) is 0 Å². The number of rotatable bonds is 5. The van der Waals surface area contributed by atoms with Crippen LogP contribution in [0, 0.1) is 5.82 Å². The maximum Gasteiger partial charge on any atom is 0.128 e. The zero-order chi connectivity index (χ0) is 13.7. The van der Waals surface area contributed by atoms with Crippen LogP contribution in [0.4, 0.5) is 4.39 Å². The molecule has 19 heavy (non-hydrogen) atoms. The van der Waals surface area contributed by atoms with Crippen molar-refractivity contribution in [3.05, 3.63) is 69.9 Å². The zero-order valence-electron chi connectivity index (χ0n) is 10.9. The molecular weight excluding hydrogens is 305 g/mol. The van der Waals surface area contributed by atoms with Gasteiger partial charge in [-0.25, -0.2) is 4.39 Å². The number of nitrogens with one attached hydrogen (secondary N) is 1. The van der Waals surface area contributed by atoms with Crippen LogP contribution in [0.1, 0.15) is 24.0 Å². The Kier molecular flexibility index (Phi) is 5.11. The van der Waals surface area contributed by atoms with E-state index in [4.69, 9.17) is 0 Å². The lowest BCUT2D eigenvalue weighted by Gasteiger charge is -2.13. The summed E-state index contributed by atoms with van der Waals surface area (Å²) >= 11 is 3.26. The van der Waals surface area contributed by atoms with Crippen LogP contribution in [-0.2, 0) is 6.54 Å². The lowest BCUT2D eigenvalue weighted by molar-refractivity contribution is 0.570. The Bertz CT molecular complexity index is 528. The first kappa shape index (κ1) is 14.2. The molecule has 0 saturated carbocycles. The van der Waals surface area contributed by atoms with Crippen molar-refractivity contribution in [2.24, 2.45) is 0 Å². The van der Waals surface area contributed by atoms with Crippen molar-refractivity contribution in [3.63, 3.8) is 0 Å². The fraction of sp³-hybridized carbons (Fsp3) is 0.250. The van der Waals surface area contributed by atoms with Gasteiger partial charge >= 0.3 is 0 Å². The molecule has 1 unspecified atom stereocenters. The zero-order valence-corrected chi connectivity index (χ0v) is 12.5. The topological polar surface area (TPSA) is 12.0 Å². The van der Waals surface area contributed by atoms with Gasteiger partial charge in [0.1, 0.15) is 5.82 Å². The average Bonchev–Trinajstić information content (AvgIpc) is 2.42. The van der Waals surface area contributed by atoms with Gasteiger partial charge in [-0.05, 0) is 23.6 Å². The summed E-state index contributed by atoms with van der Waals surface area (Å²) in [5.41, 5.74) is 2.00. The second-order valence-electron chi connectivity index (χ2n) is 4.68. The van der Waals surface area contributed by atoms with E-state index in [0.29, 0.717) is 18.0 Å². The van der Waals surface area contributed by atoms with Gasteiger partial charge in [0.15, 0.2) is 0 Å². The summed E-state index contributed by atoms with van der Waals surface area (Å²) in [6.07, 6.45) is 0. The fourth-order valence-electron chi connectivity index (χ4n) is 1.99. The van der Waals surface area contributed by atoms with Gasteiger partial charge in [0, 0.05) is 23.1 Å². The molecule has 2 rings (SSSR count). The summed E-state index contributed by atoms with van der Waals surface area (Å²) in [6.45, 7) is 3.55. The number of hydrogen-bond donors (Lipinski definition) is 1. The van der Waals surface area contributed by atoms with E-state index in [9.17, 15) is 4.39 Å². The van der Waals surface area contributed by atoms with E-state index in [1.54, 1.807) is 6.07 Å². The molecule has 0 aliphatic heterocycles. The van der Waals surface area contributed by atoms with Crippen LogP contribution in [0.3, 0.4) is 0 Å². The van der Waals surface area contributed by atoms with E-state index < -0.39 is 0 Å². The van der Waals surface area contributed by atoms with E-state index in [1.807, 2.05) is 24.3 Å². The molecule has 2 aromatic carbocycles. The van der Waals surface area contributed by atoms with Crippen molar-refractivity contribution in [3.8, 4) is 0 Å². The van der Waals surface area contributed by atoms with Gasteiger partial charge in [0.05, 0.1) is 0 Å². The quantitative estimate of drug-likeness (QED) is 0.856. The lowest BCUT2D eigenvalue weighted by atomic mass is 10.0. The van der Waals surface area contributed by atoms with Gasteiger partial charge in [0.2, 0.25) is 0 Å².